The van der Waals surface area contributed by atoms with Crippen LogP contribution in [-0.2, 0) is 0 Å². The number of carbonyl (C=O) groups excluding carboxylic acids is 1. The molecule has 0 spiro atoms. The molecule has 0 aliphatic carbocycles. The molecule has 0 saturated heterocycles. The van der Waals surface area contributed by atoms with Crippen LogP contribution in [0.2, 0.25) is 0 Å². The van der Waals surface area contributed by atoms with E-state index in [0.717, 1.165) is 0 Å². The second-order valence-electron chi connectivity index (χ2n) is 4.11. The first-order valence-corrected chi connectivity index (χ1v) is 5.76. The third kappa shape index (κ3) is 2.70. The fourth-order valence-electron chi connectivity index (χ4n) is 1.85. The monoisotopic (exact) mass is 236 g/mol. The predicted octanol–water partition coefficient (Wildman–Crippen LogP) is 2.15. The van der Waals surface area contributed by atoms with E-state index < -0.39 is 0 Å². The topological polar surface area (TPSA) is 55.6 Å². The van der Waals surface area contributed by atoms with Crippen molar-refractivity contribution in [3.05, 3.63) is 23.8 Å². The van der Waals surface area contributed by atoms with Gasteiger partial charge in [0.1, 0.15) is 0 Å². The van der Waals surface area contributed by atoms with Gasteiger partial charge in [-0.15, -0.1) is 0 Å². The Morgan fingerprint density at radius 1 is 1.47 bits per heavy atom. The zero-order chi connectivity index (χ0) is 13.0. The first kappa shape index (κ1) is 13.4. The molecule has 1 aromatic carbocycles. The quantitative estimate of drug-likeness (QED) is 0.815. The number of nitrogens with zero attached hydrogens (tertiary/aromatic N) is 1. The van der Waals surface area contributed by atoms with E-state index in [4.69, 9.17) is 10.5 Å². The van der Waals surface area contributed by atoms with Gasteiger partial charge in [-0.3, -0.25) is 4.79 Å². The lowest BCUT2D eigenvalue weighted by Gasteiger charge is -2.26. The first-order valence-electron chi connectivity index (χ1n) is 5.76. The molecule has 0 unspecified atom stereocenters. The van der Waals surface area contributed by atoms with E-state index in [0.29, 0.717) is 23.5 Å². The lowest BCUT2D eigenvalue weighted by molar-refractivity contribution is 0.0713. The van der Waals surface area contributed by atoms with Crippen LogP contribution >= 0.6 is 0 Å². The molecule has 0 bridgehead atoms. The van der Waals surface area contributed by atoms with Crippen LogP contribution in [0.4, 0.5) is 5.69 Å². The number of methoxy groups -OCH3 is 1. The van der Waals surface area contributed by atoms with E-state index in [1.807, 2.05) is 20.8 Å². The highest BCUT2D eigenvalue weighted by Gasteiger charge is 2.21. The molecule has 0 aromatic heterocycles. The molecule has 0 saturated carbocycles. The number of carbonyl (C=O) groups is 1. The van der Waals surface area contributed by atoms with Crippen molar-refractivity contribution in [2.75, 3.05) is 19.4 Å². The third-order valence-electron chi connectivity index (χ3n) is 2.70. The summed E-state index contributed by atoms with van der Waals surface area (Å²) in [5.74, 6) is 0.406. The molecule has 1 aromatic rings. The smallest absolute Gasteiger partial charge is 0.257 e. The molecule has 0 fully saturated rings. The zero-order valence-electron chi connectivity index (χ0n) is 10.9. The van der Waals surface area contributed by atoms with E-state index in [1.165, 1.54) is 7.11 Å². The Balaban J connectivity index is 3.15. The number of anilines is 1. The zero-order valence-corrected chi connectivity index (χ0v) is 10.9. The predicted molar refractivity (Wildman–Crippen MR) is 69.3 cm³/mol. The molecule has 17 heavy (non-hydrogen) atoms. The number of benzene rings is 1. The van der Waals surface area contributed by atoms with Gasteiger partial charge in [-0.05, 0) is 32.9 Å². The summed E-state index contributed by atoms with van der Waals surface area (Å²) in [6, 6.07) is 5.38. The Labute approximate surface area is 102 Å². The summed E-state index contributed by atoms with van der Waals surface area (Å²) in [5, 5.41) is 0. The van der Waals surface area contributed by atoms with Crippen LogP contribution in [0.1, 0.15) is 31.1 Å². The number of ether oxygens (including phenoxy) is 1. The maximum Gasteiger partial charge on any atom is 0.257 e. The minimum absolute atomic E-state index is 0.0494. The standard InChI is InChI=1S/C13H20N2O2/c1-5-15(9(2)3)13(16)10-7-6-8-11(14)12(10)17-4/h6-9H,5,14H2,1-4H3. The molecule has 0 aliphatic rings. The molecule has 1 rings (SSSR count). The van der Waals surface area contributed by atoms with Crippen molar-refractivity contribution in [3.63, 3.8) is 0 Å². The highest BCUT2D eigenvalue weighted by molar-refractivity contribution is 5.98. The Bertz CT molecular complexity index is 402. The summed E-state index contributed by atoms with van der Waals surface area (Å²) in [4.78, 5) is 14.1. The van der Waals surface area contributed by atoms with Crippen molar-refractivity contribution >= 4 is 11.6 Å². The lowest BCUT2D eigenvalue weighted by atomic mass is 10.1. The van der Waals surface area contributed by atoms with Crippen LogP contribution in [0, 0.1) is 0 Å². The molecule has 4 nitrogen and oxygen atoms in total. The average molecular weight is 236 g/mol. The van der Waals surface area contributed by atoms with Crippen molar-refractivity contribution in [2.45, 2.75) is 26.8 Å². The van der Waals surface area contributed by atoms with Gasteiger partial charge in [0.15, 0.2) is 5.75 Å². The largest absolute Gasteiger partial charge is 0.494 e. The summed E-state index contributed by atoms with van der Waals surface area (Å²) in [6.07, 6.45) is 0. The van der Waals surface area contributed by atoms with Gasteiger partial charge in [0.05, 0.1) is 18.4 Å². The van der Waals surface area contributed by atoms with Gasteiger partial charge < -0.3 is 15.4 Å². The normalized spacial score (nSPS) is 10.4. The maximum absolute atomic E-state index is 12.3. The molecular weight excluding hydrogens is 216 g/mol. The minimum atomic E-state index is -0.0494. The summed E-state index contributed by atoms with van der Waals surface area (Å²) < 4.78 is 5.20. The maximum atomic E-state index is 12.3. The highest BCUT2D eigenvalue weighted by Crippen LogP contribution is 2.27. The van der Waals surface area contributed by atoms with Gasteiger partial charge in [0.2, 0.25) is 0 Å². The number of nitrogen functional groups attached to an aromatic ring is 1. The number of nitrogens with two attached hydrogens (primary N) is 1. The fraction of sp³-hybridized carbons (Fsp3) is 0.462. The molecule has 94 valence electrons. The number of para-hydroxylation sites is 1. The van der Waals surface area contributed by atoms with E-state index in [9.17, 15) is 4.79 Å². The Kier molecular flexibility index (Phi) is 4.37. The SMILES string of the molecule is CCN(C(=O)c1cccc(N)c1OC)C(C)C. The van der Waals surface area contributed by atoms with Crippen molar-refractivity contribution in [2.24, 2.45) is 0 Å². The summed E-state index contributed by atoms with van der Waals surface area (Å²) in [7, 11) is 1.52. The van der Waals surface area contributed by atoms with Crippen molar-refractivity contribution in [1.82, 2.24) is 4.90 Å². The molecule has 1 amide bonds. The number of hydrogen-bond donors (Lipinski definition) is 1. The average Bonchev–Trinajstić information content (AvgIpc) is 2.28. The van der Waals surface area contributed by atoms with Crippen LogP contribution < -0.4 is 10.5 Å². The fourth-order valence-corrected chi connectivity index (χ4v) is 1.85. The van der Waals surface area contributed by atoms with E-state index in [1.54, 1.807) is 23.1 Å². The molecule has 2 N–H and O–H groups in total. The van der Waals surface area contributed by atoms with Gasteiger partial charge in [-0.1, -0.05) is 6.07 Å². The molecule has 0 aliphatic heterocycles. The van der Waals surface area contributed by atoms with Crippen molar-refractivity contribution in [3.8, 4) is 5.75 Å². The van der Waals surface area contributed by atoms with Crippen LogP contribution in [0.5, 0.6) is 5.75 Å². The number of hydrogen-bond acceptors (Lipinski definition) is 3. The van der Waals surface area contributed by atoms with Crippen LogP contribution in [0.3, 0.4) is 0 Å². The Hall–Kier alpha value is -1.71. The minimum Gasteiger partial charge on any atom is -0.494 e. The van der Waals surface area contributed by atoms with Crippen molar-refractivity contribution < 1.29 is 9.53 Å². The summed E-state index contributed by atoms with van der Waals surface area (Å²) in [5.41, 5.74) is 6.79. The van der Waals surface area contributed by atoms with Gasteiger partial charge in [-0.25, -0.2) is 0 Å². The molecular formula is C13H20N2O2. The Morgan fingerprint density at radius 2 is 2.12 bits per heavy atom. The molecule has 0 radical (unpaired) electrons. The first-order chi connectivity index (χ1) is 8.02. The molecule has 4 heteroatoms. The number of rotatable bonds is 4. The van der Waals surface area contributed by atoms with Gasteiger partial charge >= 0.3 is 0 Å². The second-order valence-corrected chi connectivity index (χ2v) is 4.11. The van der Waals surface area contributed by atoms with Crippen LogP contribution in [-0.4, -0.2) is 30.5 Å². The molecule has 0 atom stereocenters. The molecule has 0 heterocycles. The van der Waals surface area contributed by atoms with E-state index in [2.05, 4.69) is 0 Å². The summed E-state index contributed by atoms with van der Waals surface area (Å²) in [6.45, 7) is 6.59. The second kappa shape index (κ2) is 5.57. The summed E-state index contributed by atoms with van der Waals surface area (Å²) >= 11 is 0. The Morgan fingerprint density at radius 3 is 2.59 bits per heavy atom. The van der Waals surface area contributed by atoms with Crippen molar-refractivity contribution in [1.29, 1.82) is 0 Å². The third-order valence-corrected chi connectivity index (χ3v) is 2.70. The lowest BCUT2D eigenvalue weighted by Crippen LogP contribution is -2.36. The van der Waals surface area contributed by atoms with Crippen LogP contribution in [0.25, 0.3) is 0 Å². The van der Waals surface area contributed by atoms with Gasteiger partial charge in [0.25, 0.3) is 5.91 Å². The van der Waals surface area contributed by atoms with E-state index >= 15 is 0 Å². The number of amides is 1. The van der Waals surface area contributed by atoms with Gasteiger partial charge in [-0.2, -0.15) is 0 Å². The highest BCUT2D eigenvalue weighted by atomic mass is 16.5. The van der Waals surface area contributed by atoms with Gasteiger partial charge in [0, 0.05) is 12.6 Å². The van der Waals surface area contributed by atoms with Crippen LogP contribution in [0.15, 0.2) is 18.2 Å². The van der Waals surface area contributed by atoms with E-state index in [-0.39, 0.29) is 11.9 Å².